The molecule has 23 heavy (non-hydrogen) atoms. The molecule has 1 atom stereocenters. The van der Waals surface area contributed by atoms with Gasteiger partial charge < -0.3 is 15.1 Å². The van der Waals surface area contributed by atoms with Crippen LogP contribution in [-0.2, 0) is 0 Å². The molecule has 3 heteroatoms. The molecule has 121 valence electrons. The summed E-state index contributed by atoms with van der Waals surface area (Å²) in [4.78, 5) is 4.77. The van der Waals surface area contributed by atoms with Crippen LogP contribution in [0.15, 0.2) is 54.6 Å². The molecule has 1 aliphatic rings. The molecule has 0 amide bonds. The third kappa shape index (κ3) is 3.35. The van der Waals surface area contributed by atoms with E-state index in [-0.39, 0.29) is 0 Å². The van der Waals surface area contributed by atoms with Crippen LogP contribution < -0.4 is 15.1 Å². The predicted octanol–water partition coefficient (Wildman–Crippen LogP) is 4.19. The van der Waals surface area contributed by atoms with Crippen LogP contribution in [0.2, 0.25) is 0 Å². The maximum Gasteiger partial charge on any atom is 0.142 e. The first-order valence-electron chi connectivity index (χ1n) is 8.59. The Hall–Kier alpha value is -2.00. The molecule has 0 fully saturated rings. The van der Waals surface area contributed by atoms with Gasteiger partial charge in [0.15, 0.2) is 0 Å². The first-order valence-corrected chi connectivity index (χ1v) is 8.59. The third-order valence-electron chi connectivity index (χ3n) is 4.44. The minimum atomic E-state index is 0.355. The largest absolute Gasteiger partial charge is 0.346 e. The summed E-state index contributed by atoms with van der Waals surface area (Å²) in [6.07, 6.45) is 1.08. The van der Waals surface area contributed by atoms with Crippen molar-refractivity contribution in [2.45, 2.75) is 26.3 Å². The van der Waals surface area contributed by atoms with Crippen molar-refractivity contribution in [3.63, 3.8) is 0 Å². The van der Waals surface area contributed by atoms with Crippen LogP contribution in [0, 0.1) is 6.67 Å². The lowest BCUT2D eigenvalue weighted by molar-refractivity contribution is 0.569. The average Bonchev–Trinajstić information content (AvgIpc) is 2.98. The van der Waals surface area contributed by atoms with E-state index in [0.717, 1.165) is 26.1 Å². The Labute approximate surface area is 139 Å². The Kier molecular flexibility index (Phi) is 5.19. The van der Waals surface area contributed by atoms with Gasteiger partial charge in [0.1, 0.15) is 6.67 Å². The maximum absolute atomic E-state index is 3.47. The van der Waals surface area contributed by atoms with E-state index in [1.54, 1.807) is 0 Å². The van der Waals surface area contributed by atoms with Gasteiger partial charge in [0.25, 0.3) is 0 Å². The Morgan fingerprint density at radius 2 is 1.61 bits per heavy atom. The average molecular weight is 308 g/mol. The van der Waals surface area contributed by atoms with Crippen molar-refractivity contribution in [2.24, 2.45) is 0 Å². The minimum absolute atomic E-state index is 0.355. The van der Waals surface area contributed by atoms with E-state index in [2.05, 4.69) is 90.2 Å². The van der Waals surface area contributed by atoms with Crippen LogP contribution in [0.3, 0.4) is 0 Å². The van der Waals surface area contributed by atoms with Crippen LogP contribution >= 0.6 is 0 Å². The fourth-order valence-electron chi connectivity index (χ4n) is 3.26. The van der Waals surface area contributed by atoms with Gasteiger partial charge in [0, 0.05) is 6.54 Å². The van der Waals surface area contributed by atoms with Gasteiger partial charge in [-0.15, -0.1) is 0 Å². The highest BCUT2D eigenvalue weighted by molar-refractivity contribution is 5.79. The number of benzene rings is 2. The summed E-state index contributed by atoms with van der Waals surface area (Å²) >= 11 is 0. The molecule has 0 bridgehead atoms. The molecule has 1 aliphatic heterocycles. The number of nitrogens with zero attached hydrogens (tertiary/aromatic N) is 2. The summed E-state index contributed by atoms with van der Waals surface area (Å²) in [5.74, 6) is 0. The minimum Gasteiger partial charge on any atom is -0.346 e. The Morgan fingerprint density at radius 3 is 2.30 bits per heavy atom. The smallest absolute Gasteiger partial charge is 0.142 e. The van der Waals surface area contributed by atoms with Crippen molar-refractivity contribution in [1.82, 2.24) is 5.32 Å². The number of para-hydroxylation sites is 2. The Bertz CT molecular complexity index is 611. The zero-order chi connectivity index (χ0) is 16.1. The summed E-state index contributed by atoms with van der Waals surface area (Å²) in [5.41, 5.74) is 3.98. The fourth-order valence-corrected chi connectivity index (χ4v) is 3.26. The summed E-state index contributed by atoms with van der Waals surface area (Å²) in [5, 5.41) is 3.47. The summed E-state index contributed by atoms with van der Waals surface area (Å²) in [6, 6.07) is 19.9. The molecule has 1 radical (unpaired) electrons. The van der Waals surface area contributed by atoms with E-state index in [4.69, 9.17) is 0 Å². The molecular formula is C20H26N3. The lowest BCUT2D eigenvalue weighted by atomic mass is 10.0. The van der Waals surface area contributed by atoms with Gasteiger partial charge in [-0.1, -0.05) is 49.4 Å². The molecule has 0 spiro atoms. The van der Waals surface area contributed by atoms with Crippen molar-refractivity contribution in [2.75, 3.05) is 29.4 Å². The zero-order valence-electron chi connectivity index (χ0n) is 14.1. The lowest BCUT2D eigenvalue weighted by Gasteiger charge is -2.30. The maximum atomic E-state index is 3.47. The monoisotopic (exact) mass is 308 g/mol. The van der Waals surface area contributed by atoms with Crippen molar-refractivity contribution < 1.29 is 0 Å². The second-order valence-electron chi connectivity index (χ2n) is 5.87. The van der Waals surface area contributed by atoms with Crippen molar-refractivity contribution in [1.29, 1.82) is 0 Å². The molecule has 1 heterocycles. The lowest BCUT2D eigenvalue weighted by Crippen LogP contribution is -2.31. The Balaban J connectivity index is 1.91. The molecular weight excluding hydrogens is 282 g/mol. The third-order valence-corrected chi connectivity index (χ3v) is 4.44. The highest BCUT2D eigenvalue weighted by Crippen LogP contribution is 2.43. The molecule has 3 rings (SSSR count). The predicted molar refractivity (Wildman–Crippen MR) is 98.6 cm³/mol. The first kappa shape index (κ1) is 15.9. The van der Waals surface area contributed by atoms with E-state index in [1.165, 1.54) is 16.9 Å². The zero-order valence-corrected chi connectivity index (χ0v) is 14.1. The molecule has 0 saturated heterocycles. The molecule has 0 aliphatic carbocycles. The number of nitrogens with one attached hydrogen (secondary N) is 1. The van der Waals surface area contributed by atoms with Gasteiger partial charge in [-0.2, -0.15) is 0 Å². The summed E-state index contributed by atoms with van der Waals surface area (Å²) < 4.78 is 0. The second-order valence-corrected chi connectivity index (χ2v) is 5.87. The van der Waals surface area contributed by atoms with Crippen LogP contribution in [0.25, 0.3) is 0 Å². The standard InChI is InChI=1S/C20H26N3/c1-3-21-15-14-18(17-10-6-5-7-11-17)23-16-22(4-2)19-12-8-9-13-20(19)23/h5-13,16,18,21H,3-4,14-15H2,1-2H3/t18-/m1/s1. The molecule has 0 saturated carbocycles. The van der Waals surface area contributed by atoms with E-state index >= 15 is 0 Å². The van der Waals surface area contributed by atoms with Gasteiger partial charge >= 0.3 is 0 Å². The van der Waals surface area contributed by atoms with Crippen molar-refractivity contribution in [3.05, 3.63) is 66.8 Å². The topological polar surface area (TPSA) is 18.5 Å². The van der Waals surface area contributed by atoms with Gasteiger partial charge in [-0.25, -0.2) is 0 Å². The highest BCUT2D eigenvalue weighted by atomic mass is 15.4. The van der Waals surface area contributed by atoms with Crippen LogP contribution in [0.1, 0.15) is 31.9 Å². The normalized spacial score (nSPS) is 14.9. The van der Waals surface area contributed by atoms with Gasteiger partial charge in [0.05, 0.1) is 17.4 Å². The van der Waals surface area contributed by atoms with Crippen LogP contribution in [0.5, 0.6) is 0 Å². The van der Waals surface area contributed by atoms with Gasteiger partial charge in [-0.05, 0) is 44.1 Å². The molecule has 3 nitrogen and oxygen atoms in total. The van der Waals surface area contributed by atoms with Crippen LogP contribution in [0.4, 0.5) is 11.4 Å². The van der Waals surface area contributed by atoms with Crippen LogP contribution in [-0.4, -0.2) is 19.6 Å². The fraction of sp³-hybridized carbons (Fsp3) is 0.350. The SMILES string of the molecule is CCNCC[C@H](c1ccccc1)N1[CH]N(CC)c2ccccc21. The van der Waals surface area contributed by atoms with Crippen molar-refractivity contribution in [3.8, 4) is 0 Å². The first-order chi connectivity index (χ1) is 11.3. The number of hydrogen-bond donors (Lipinski definition) is 1. The second kappa shape index (κ2) is 7.51. The molecule has 0 aromatic heterocycles. The quantitative estimate of drug-likeness (QED) is 0.774. The molecule has 0 unspecified atom stereocenters. The summed E-state index contributed by atoms with van der Waals surface area (Å²) in [7, 11) is 0. The molecule has 2 aromatic carbocycles. The summed E-state index contributed by atoms with van der Waals surface area (Å²) in [6.45, 7) is 9.66. The van der Waals surface area contributed by atoms with E-state index in [0.29, 0.717) is 6.04 Å². The Morgan fingerprint density at radius 1 is 0.913 bits per heavy atom. The number of anilines is 2. The number of hydrogen-bond acceptors (Lipinski definition) is 3. The van der Waals surface area contributed by atoms with Crippen molar-refractivity contribution >= 4 is 11.4 Å². The highest BCUT2D eigenvalue weighted by Gasteiger charge is 2.31. The molecule has 1 N–H and O–H groups in total. The van der Waals surface area contributed by atoms with E-state index in [1.807, 2.05) is 0 Å². The van der Waals surface area contributed by atoms with E-state index in [9.17, 15) is 0 Å². The van der Waals surface area contributed by atoms with Gasteiger partial charge in [0.2, 0.25) is 0 Å². The van der Waals surface area contributed by atoms with Gasteiger partial charge in [-0.3, -0.25) is 0 Å². The number of fused-ring (bicyclic) bond motifs is 1. The number of rotatable bonds is 7. The molecule has 2 aromatic rings. The van der Waals surface area contributed by atoms with E-state index < -0.39 is 0 Å².